The number of aryl methyl sites for hydroxylation is 1. The highest BCUT2D eigenvalue weighted by atomic mass is 32.1. The van der Waals surface area contributed by atoms with E-state index in [4.69, 9.17) is 9.47 Å². The van der Waals surface area contributed by atoms with Crippen molar-refractivity contribution in [2.45, 2.75) is 46.0 Å². The van der Waals surface area contributed by atoms with E-state index in [0.29, 0.717) is 17.3 Å². The maximum atomic E-state index is 12.6. The molecule has 0 saturated carbocycles. The van der Waals surface area contributed by atoms with E-state index in [1.807, 2.05) is 25.1 Å². The van der Waals surface area contributed by atoms with Crippen LogP contribution >= 0.6 is 11.3 Å². The minimum absolute atomic E-state index is 0.0595. The minimum Gasteiger partial charge on any atom is -0.454 e. The van der Waals surface area contributed by atoms with E-state index in [2.05, 4.69) is 38.0 Å². The fourth-order valence-corrected chi connectivity index (χ4v) is 3.66. The number of thiazole rings is 1. The van der Waals surface area contributed by atoms with Gasteiger partial charge in [0.25, 0.3) is 5.91 Å². The third kappa shape index (κ3) is 3.63. The Morgan fingerprint density at radius 1 is 1.32 bits per heavy atom. The Hall–Kier alpha value is -2.08. The molecule has 1 N–H and O–H groups in total. The molecule has 5 nitrogen and oxygen atoms in total. The van der Waals surface area contributed by atoms with Crippen LogP contribution in [0.5, 0.6) is 11.5 Å². The summed E-state index contributed by atoms with van der Waals surface area (Å²) in [6.45, 7) is 11.1. The predicted molar refractivity (Wildman–Crippen MR) is 98.9 cm³/mol. The van der Waals surface area contributed by atoms with Gasteiger partial charge in [0.15, 0.2) is 11.5 Å². The number of nitrogens with zero attached hydrogens (tertiary/aromatic N) is 1. The van der Waals surface area contributed by atoms with E-state index in [-0.39, 0.29) is 18.1 Å². The summed E-state index contributed by atoms with van der Waals surface area (Å²) in [6, 6.07) is 5.93. The van der Waals surface area contributed by atoms with Gasteiger partial charge < -0.3 is 14.8 Å². The van der Waals surface area contributed by atoms with Gasteiger partial charge in [-0.25, -0.2) is 4.98 Å². The van der Waals surface area contributed by atoms with Crippen molar-refractivity contribution in [2.75, 3.05) is 13.3 Å². The van der Waals surface area contributed by atoms with Crippen molar-refractivity contribution in [1.82, 2.24) is 10.3 Å². The Morgan fingerprint density at radius 3 is 2.72 bits per heavy atom. The average Bonchev–Trinajstić information content (AvgIpc) is 3.18. The monoisotopic (exact) mass is 360 g/mol. The molecule has 0 fully saturated rings. The van der Waals surface area contributed by atoms with Crippen molar-refractivity contribution in [2.24, 2.45) is 0 Å². The zero-order chi connectivity index (χ0) is 18.2. The van der Waals surface area contributed by atoms with Crippen molar-refractivity contribution >= 4 is 17.2 Å². The van der Waals surface area contributed by atoms with E-state index in [0.717, 1.165) is 27.8 Å². The van der Waals surface area contributed by atoms with Crippen LogP contribution in [-0.4, -0.2) is 24.2 Å². The first kappa shape index (κ1) is 17.7. The van der Waals surface area contributed by atoms with Crippen LogP contribution in [0.15, 0.2) is 18.2 Å². The highest BCUT2D eigenvalue weighted by Gasteiger charge is 2.26. The second-order valence-electron chi connectivity index (χ2n) is 7.26. The Morgan fingerprint density at radius 2 is 2.04 bits per heavy atom. The molecule has 6 heteroatoms. The van der Waals surface area contributed by atoms with Gasteiger partial charge in [-0.3, -0.25) is 4.79 Å². The average molecular weight is 360 g/mol. The third-order valence-corrected chi connectivity index (χ3v) is 5.81. The summed E-state index contributed by atoms with van der Waals surface area (Å²) in [5.41, 5.74) is 1.67. The van der Waals surface area contributed by atoms with Crippen molar-refractivity contribution < 1.29 is 14.3 Å². The lowest BCUT2D eigenvalue weighted by atomic mass is 9.84. The standard InChI is InChI=1S/C19H24N2O3S/c1-11(2)18-21-12(3)16(25-18)17(22)20-9-19(4,5)13-6-7-14-15(8-13)24-10-23-14/h6-8,11H,9-10H2,1-5H3,(H,20,22). The highest BCUT2D eigenvalue weighted by molar-refractivity contribution is 7.13. The Balaban J connectivity index is 1.70. The molecule has 0 spiro atoms. The summed E-state index contributed by atoms with van der Waals surface area (Å²) in [7, 11) is 0. The molecule has 0 radical (unpaired) electrons. The van der Waals surface area contributed by atoms with Crippen LogP contribution in [0.3, 0.4) is 0 Å². The van der Waals surface area contributed by atoms with Crippen molar-refractivity contribution in [1.29, 1.82) is 0 Å². The second kappa shape index (κ2) is 6.67. The number of ether oxygens (including phenoxy) is 2. The number of aromatic nitrogens is 1. The number of benzene rings is 1. The number of hydrogen-bond donors (Lipinski definition) is 1. The Bertz CT molecular complexity index is 796. The maximum Gasteiger partial charge on any atom is 0.263 e. The molecule has 3 rings (SSSR count). The smallest absolute Gasteiger partial charge is 0.263 e. The zero-order valence-electron chi connectivity index (χ0n) is 15.3. The Labute approximate surface area is 152 Å². The molecule has 2 aromatic rings. The SMILES string of the molecule is Cc1nc(C(C)C)sc1C(=O)NCC(C)(C)c1ccc2c(c1)OCO2. The topological polar surface area (TPSA) is 60.5 Å². The summed E-state index contributed by atoms with van der Waals surface area (Å²) in [5, 5.41) is 4.06. The molecule has 1 aromatic heterocycles. The summed E-state index contributed by atoms with van der Waals surface area (Å²) in [4.78, 5) is 17.8. The number of rotatable bonds is 5. The third-order valence-electron chi connectivity index (χ3n) is 4.36. The predicted octanol–water partition coefficient (Wildman–Crippen LogP) is 4.01. The number of carbonyl (C=O) groups is 1. The van der Waals surface area contributed by atoms with Crippen molar-refractivity contribution in [3.05, 3.63) is 39.3 Å². The largest absolute Gasteiger partial charge is 0.454 e. The van der Waals surface area contributed by atoms with Crippen molar-refractivity contribution in [3.8, 4) is 11.5 Å². The van der Waals surface area contributed by atoms with Gasteiger partial charge >= 0.3 is 0 Å². The van der Waals surface area contributed by atoms with Gasteiger partial charge in [0.05, 0.1) is 10.7 Å². The fourth-order valence-electron chi connectivity index (χ4n) is 2.68. The number of hydrogen-bond acceptors (Lipinski definition) is 5. The number of carbonyl (C=O) groups excluding carboxylic acids is 1. The van der Waals surface area contributed by atoms with E-state index < -0.39 is 0 Å². The minimum atomic E-state index is -0.226. The van der Waals surface area contributed by atoms with Gasteiger partial charge in [-0.1, -0.05) is 33.8 Å². The first-order valence-corrected chi connectivity index (χ1v) is 9.25. The molecule has 0 atom stereocenters. The number of fused-ring (bicyclic) bond motifs is 1. The van der Waals surface area contributed by atoms with Gasteiger partial charge in [-0.15, -0.1) is 11.3 Å². The van der Waals surface area contributed by atoms with E-state index in [9.17, 15) is 4.79 Å². The van der Waals surface area contributed by atoms with Gasteiger partial charge in [0.2, 0.25) is 6.79 Å². The summed E-state index contributed by atoms with van der Waals surface area (Å²) in [6.07, 6.45) is 0. The zero-order valence-corrected chi connectivity index (χ0v) is 16.1. The fraction of sp³-hybridized carbons (Fsp3) is 0.474. The van der Waals surface area contributed by atoms with Gasteiger partial charge in [0, 0.05) is 17.9 Å². The lowest BCUT2D eigenvalue weighted by Crippen LogP contribution is -2.36. The molecule has 1 aliphatic rings. The van der Waals surface area contributed by atoms with E-state index in [1.54, 1.807) is 0 Å². The molecule has 25 heavy (non-hydrogen) atoms. The lowest BCUT2D eigenvalue weighted by molar-refractivity contribution is 0.0949. The van der Waals surface area contributed by atoms with Gasteiger partial charge in [-0.2, -0.15) is 0 Å². The van der Waals surface area contributed by atoms with Crippen LogP contribution in [0.1, 0.15) is 59.5 Å². The summed E-state index contributed by atoms with van der Waals surface area (Å²) >= 11 is 1.48. The quantitative estimate of drug-likeness (QED) is 0.875. The lowest BCUT2D eigenvalue weighted by Gasteiger charge is -2.25. The van der Waals surface area contributed by atoms with Crippen LogP contribution in [-0.2, 0) is 5.41 Å². The molecule has 0 saturated heterocycles. The second-order valence-corrected chi connectivity index (χ2v) is 8.29. The van der Waals surface area contributed by atoms with Crippen LogP contribution in [0, 0.1) is 6.92 Å². The molecule has 1 aromatic carbocycles. The molecule has 1 aliphatic heterocycles. The van der Waals surface area contributed by atoms with Crippen LogP contribution in [0.4, 0.5) is 0 Å². The number of nitrogens with one attached hydrogen (secondary N) is 1. The molecule has 0 bridgehead atoms. The summed E-state index contributed by atoms with van der Waals surface area (Å²) in [5.74, 6) is 1.80. The van der Waals surface area contributed by atoms with Crippen LogP contribution < -0.4 is 14.8 Å². The van der Waals surface area contributed by atoms with Gasteiger partial charge in [-0.05, 0) is 24.6 Å². The first-order valence-electron chi connectivity index (χ1n) is 8.43. The molecular weight excluding hydrogens is 336 g/mol. The van der Waals surface area contributed by atoms with Crippen molar-refractivity contribution in [3.63, 3.8) is 0 Å². The molecule has 1 amide bonds. The Kier molecular flexibility index (Phi) is 4.73. The molecule has 134 valence electrons. The summed E-state index contributed by atoms with van der Waals surface area (Å²) < 4.78 is 10.8. The maximum absolute atomic E-state index is 12.6. The number of amides is 1. The normalized spacial score (nSPS) is 13.4. The van der Waals surface area contributed by atoms with Crippen LogP contribution in [0.25, 0.3) is 0 Å². The van der Waals surface area contributed by atoms with E-state index in [1.165, 1.54) is 11.3 Å². The molecule has 0 unspecified atom stereocenters. The molecule has 0 aliphatic carbocycles. The first-order chi connectivity index (χ1) is 11.8. The van der Waals surface area contributed by atoms with E-state index >= 15 is 0 Å². The molecular formula is C19H24N2O3S. The highest BCUT2D eigenvalue weighted by Crippen LogP contribution is 2.36. The van der Waals surface area contributed by atoms with Crippen LogP contribution in [0.2, 0.25) is 0 Å². The molecule has 2 heterocycles. The van der Waals surface area contributed by atoms with Gasteiger partial charge in [0.1, 0.15) is 4.88 Å².